The van der Waals surface area contributed by atoms with Crippen LogP contribution in [0.1, 0.15) is 316 Å². The van der Waals surface area contributed by atoms with Crippen LogP contribution in [0.3, 0.4) is 0 Å². The first kappa shape index (κ1) is 78.5. The van der Waals surface area contributed by atoms with E-state index in [1.54, 1.807) is 0 Å². The van der Waals surface area contributed by atoms with Gasteiger partial charge in [0.05, 0.1) is 0 Å². The molecule has 472 valence electrons. The minimum absolute atomic E-state index is 0.106. The second kappa shape index (κ2) is 70.0. The summed E-state index contributed by atoms with van der Waals surface area (Å²) in [7, 11) is 0. The van der Waals surface area contributed by atoms with E-state index in [1.807, 2.05) is 0 Å². The molecule has 0 aromatic carbocycles. The predicted octanol–water partition coefficient (Wildman–Crippen LogP) is 24.1. The zero-order valence-corrected chi connectivity index (χ0v) is 54.2. The van der Waals surface area contributed by atoms with Gasteiger partial charge in [-0.05, 0) is 128 Å². The van der Waals surface area contributed by atoms with Crippen molar-refractivity contribution in [2.75, 3.05) is 13.2 Å². The standard InChI is InChI=1S/C77H128O6/c1-4-7-10-13-16-19-22-24-26-28-30-32-34-35-36-37-38-39-40-41-43-44-46-48-50-52-55-58-61-64-67-70-76(79)82-73-74(72-81-75(78)69-66-63-60-57-54-21-18-15-12-9-6-3)83-77(80)71-68-65-62-59-56-53-51-49-47-45-42-33-31-29-27-25-23-20-17-14-11-8-5-2/h8,11,15,17-18,20,22,24-25,27-28,30-31,33-35,45,47,51,53,59,62,74H,4-7,9-10,12-14,16,19,21,23,26,29,32,36-44,46,48-50,52,54-58,60-61,63-73H2,1-3H3/b11-8-,18-15-,20-17-,24-22-,27-25-,30-28-,33-31-,35-34-,47-45-,53-51-,62-59-. The van der Waals surface area contributed by atoms with Crippen LogP contribution in [0.2, 0.25) is 0 Å². The zero-order valence-electron chi connectivity index (χ0n) is 54.2. The molecule has 6 nitrogen and oxygen atoms in total. The molecule has 0 aliphatic rings. The van der Waals surface area contributed by atoms with Gasteiger partial charge in [0, 0.05) is 19.3 Å². The van der Waals surface area contributed by atoms with Crippen LogP contribution >= 0.6 is 0 Å². The number of ether oxygens (including phenoxy) is 3. The van der Waals surface area contributed by atoms with Crippen molar-refractivity contribution in [3.63, 3.8) is 0 Å². The zero-order chi connectivity index (χ0) is 59.9. The van der Waals surface area contributed by atoms with E-state index >= 15 is 0 Å². The van der Waals surface area contributed by atoms with Gasteiger partial charge in [0.25, 0.3) is 0 Å². The summed E-state index contributed by atoms with van der Waals surface area (Å²) in [5, 5.41) is 0. The third-order valence-electron chi connectivity index (χ3n) is 14.6. The summed E-state index contributed by atoms with van der Waals surface area (Å²) in [6.07, 6.45) is 99.2. The van der Waals surface area contributed by atoms with E-state index in [9.17, 15) is 14.4 Å². The summed E-state index contributed by atoms with van der Waals surface area (Å²) >= 11 is 0. The minimum atomic E-state index is -0.817. The summed E-state index contributed by atoms with van der Waals surface area (Å²) in [5.74, 6) is -0.972. The van der Waals surface area contributed by atoms with Gasteiger partial charge >= 0.3 is 17.9 Å². The first-order chi connectivity index (χ1) is 41.0. The predicted molar refractivity (Wildman–Crippen MR) is 362 cm³/mol. The van der Waals surface area contributed by atoms with Crippen LogP contribution in [-0.4, -0.2) is 37.2 Å². The van der Waals surface area contributed by atoms with Crippen molar-refractivity contribution in [3.8, 4) is 0 Å². The number of unbranched alkanes of at least 4 members (excludes halogenated alkanes) is 29. The third-order valence-corrected chi connectivity index (χ3v) is 14.6. The molecule has 0 spiro atoms. The normalized spacial score (nSPS) is 13.0. The van der Waals surface area contributed by atoms with E-state index in [1.165, 1.54) is 154 Å². The summed E-state index contributed by atoms with van der Waals surface area (Å²) in [4.78, 5) is 38.3. The highest BCUT2D eigenvalue weighted by Gasteiger charge is 2.19. The highest BCUT2D eigenvalue weighted by molar-refractivity contribution is 5.71. The summed E-state index contributed by atoms with van der Waals surface area (Å²) in [6, 6.07) is 0. The maximum Gasteiger partial charge on any atom is 0.306 e. The van der Waals surface area contributed by atoms with Gasteiger partial charge in [-0.25, -0.2) is 0 Å². The molecule has 0 radical (unpaired) electrons. The second-order valence-corrected chi connectivity index (χ2v) is 22.7. The lowest BCUT2D eigenvalue weighted by Gasteiger charge is -2.18. The van der Waals surface area contributed by atoms with E-state index in [2.05, 4.69) is 154 Å². The highest BCUT2D eigenvalue weighted by atomic mass is 16.6. The van der Waals surface area contributed by atoms with Crippen molar-refractivity contribution in [2.45, 2.75) is 322 Å². The molecule has 0 saturated carbocycles. The van der Waals surface area contributed by atoms with Gasteiger partial charge in [-0.3, -0.25) is 14.4 Å². The van der Waals surface area contributed by atoms with Crippen LogP contribution < -0.4 is 0 Å². The number of esters is 3. The SMILES string of the molecule is CC/C=C\C/C=C\C/C=C\C/C=C\C/C=C\C/C=C\C/C=C\CCCC(=O)OC(COC(=O)CCCCCCC/C=C\CCCC)COC(=O)CCCCCCCCCCCCCCCCCC/C=C\C/C=C\C/C=C\CCCCCCC. The van der Waals surface area contributed by atoms with Crippen molar-refractivity contribution in [1.29, 1.82) is 0 Å². The highest BCUT2D eigenvalue weighted by Crippen LogP contribution is 2.16. The van der Waals surface area contributed by atoms with Crippen molar-refractivity contribution < 1.29 is 28.6 Å². The van der Waals surface area contributed by atoms with Gasteiger partial charge in [0.2, 0.25) is 0 Å². The van der Waals surface area contributed by atoms with E-state index in [-0.39, 0.29) is 37.5 Å². The molecule has 1 atom stereocenters. The Bertz CT molecular complexity index is 1750. The third kappa shape index (κ3) is 68.2. The Morgan fingerprint density at radius 1 is 0.253 bits per heavy atom. The lowest BCUT2D eigenvalue weighted by Crippen LogP contribution is -2.30. The number of rotatable bonds is 62. The average Bonchev–Trinajstić information content (AvgIpc) is 3.48. The molecular weight excluding hydrogens is 1020 g/mol. The Balaban J connectivity index is 4.29. The lowest BCUT2D eigenvalue weighted by molar-refractivity contribution is -0.167. The molecule has 0 fully saturated rings. The van der Waals surface area contributed by atoms with Gasteiger partial charge in [-0.2, -0.15) is 0 Å². The van der Waals surface area contributed by atoms with Crippen LogP contribution in [0.15, 0.2) is 134 Å². The quantitative estimate of drug-likeness (QED) is 0.0261. The molecular formula is C77H128O6. The lowest BCUT2D eigenvalue weighted by atomic mass is 10.0. The van der Waals surface area contributed by atoms with Gasteiger partial charge in [-0.1, -0.05) is 302 Å². The number of carbonyl (C=O) groups excluding carboxylic acids is 3. The molecule has 1 unspecified atom stereocenters. The van der Waals surface area contributed by atoms with Crippen molar-refractivity contribution in [3.05, 3.63) is 134 Å². The molecule has 0 bridgehead atoms. The fourth-order valence-electron chi connectivity index (χ4n) is 9.42. The summed E-state index contributed by atoms with van der Waals surface area (Å²) < 4.78 is 16.9. The van der Waals surface area contributed by atoms with Crippen LogP contribution in [0, 0.1) is 0 Å². The Labute approximate surface area is 513 Å². The summed E-state index contributed by atoms with van der Waals surface area (Å²) in [5.41, 5.74) is 0. The van der Waals surface area contributed by atoms with Crippen LogP contribution in [0.5, 0.6) is 0 Å². The smallest absolute Gasteiger partial charge is 0.306 e. The van der Waals surface area contributed by atoms with Crippen LogP contribution in [-0.2, 0) is 28.6 Å². The summed E-state index contributed by atoms with van der Waals surface area (Å²) in [6.45, 7) is 6.44. The molecule has 0 heterocycles. The Morgan fingerprint density at radius 3 is 0.819 bits per heavy atom. The van der Waals surface area contributed by atoms with Gasteiger partial charge in [-0.15, -0.1) is 0 Å². The molecule has 0 N–H and O–H groups in total. The number of hydrogen-bond acceptors (Lipinski definition) is 6. The maximum atomic E-state index is 12.9. The molecule has 0 rings (SSSR count). The average molecular weight is 1150 g/mol. The van der Waals surface area contributed by atoms with Gasteiger partial charge < -0.3 is 14.2 Å². The molecule has 0 aromatic rings. The Kier molecular flexibility index (Phi) is 66.3. The van der Waals surface area contributed by atoms with Crippen LogP contribution in [0.4, 0.5) is 0 Å². The van der Waals surface area contributed by atoms with Crippen LogP contribution in [0.25, 0.3) is 0 Å². The molecule has 0 aromatic heterocycles. The monoisotopic (exact) mass is 1150 g/mol. The molecule has 83 heavy (non-hydrogen) atoms. The van der Waals surface area contributed by atoms with E-state index < -0.39 is 6.10 Å². The molecule has 6 heteroatoms. The molecule has 0 aliphatic heterocycles. The van der Waals surface area contributed by atoms with Crippen molar-refractivity contribution in [1.82, 2.24) is 0 Å². The van der Waals surface area contributed by atoms with Gasteiger partial charge in [0.1, 0.15) is 13.2 Å². The van der Waals surface area contributed by atoms with Crippen molar-refractivity contribution >= 4 is 17.9 Å². The first-order valence-electron chi connectivity index (χ1n) is 34.7. The Hall–Kier alpha value is -4.45. The van der Waals surface area contributed by atoms with Gasteiger partial charge in [0.15, 0.2) is 6.10 Å². The first-order valence-corrected chi connectivity index (χ1v) is 34.7. The molecule has 0 amide bonds. The maximum absolute atomic E-state index is 12.9. The molecule has 0 saturated heterocycles. The number of allylic oxidation sites excluding steroid dienone is 22. The number of carbonyl (C=O) groups is 3. The van der Waals surface area contributed by atoms with E-state index in [0.717, 1.165) is 116 Å². The fraction of sp³-hybridized carbons (Fsp3) is 0.675. The minimum Gasteiger partial charge on any atom is -0.462 e. The topological polar surface area (TPSA) is 78.9 Å². The largest absolute Gasteiger partial charge is 0.462 e. The van der Waals surface area contributed by atoms with E-state index in [4.69, 9.17) is 14.2 Å². The second-order valence-electron chi connectivity index (χ2n) is 22.7. The number of hydrogen-bond donors (Lipinski definition) is 0. The molecule has 0 aliphatic carbocycles. The van der Waals surface area contributed by atoms with E-state index in [0.29, 0.717) is 19.3 Å². The Morgan fingerprint density at radius 2 is 0.494 bits per heavy atom. The van der Waals surface area contributed by atoms with Crippen molar-refractivity contribution in [2.24, 2.45) is 0 Å². The fourth-order valence-corrected chi connectivity index (χ4v) is 9.42.